The van der Waals surface area contributed by atoms with E-state index in [4.69, 9.17) is 0 Å². The summed E-state index contributed by atoms with van der Waals surface area (Å²) in [6.45, 7) is 17.3. The predicted molar refractivity (Wildman–Crippen MR) is 79.2 cm³/mol. The maximum Gasteiger partial charge on any atom is -0.0173 e. The molecule has 0 heteroatoms. The van der Waals surface area contributed by atoms with Gasteiger partial charge in [0.05, 0.1) is 0 Å². The average Bonchev–Trinajstić information content (AvgIpc) is 2.27. The highest BCUT2D eigenvalue weighted by molar-refractivity contribution is 5.11. The van der Waals surface area contributed by atoms with Crippen LogP contribution in [0.15, 0.2) is 42.5 Å². The molecule has 96 valence electrons. The van der Waals surface area contributed by atoms with Crippen molar-refractivity contribution in [1.82, 2.24) is 0 Å². The molecule has 0 aliphatic rings. The van der Waals surface area contributed by atoms with Gasteiger partial charge in [0.25, 0.3) is 0 Å². The van der Waals surface area contributed by atoms with E-state index < -0.39 is 0 Å². The average molecular weight is 232 g/mol. The van der Waals surface area contributed by atoms with Crippen LogP contribution < -0.4 is 0 Å². The molecule has 1 rings (SSSR count). The third-order valence-electron chi connectivity index (χ3n) is 3.11. The monoisotopic (exact) mass is 232 g/mol. The van der Waals surface area contributed by atoms with E-state index >= 15 is 0 Å². The van der Waals surface area contributed by atoms with Crippen molar-refractivity contribution in [2.75, 3.05) is 0 Å². The maximum atomic E-state index is 4.10. The van der Waals surface area contributed by atoms with E-state index in [2.05, 4.69) is 60.3 Å². The van der Waals surface area contributed by atoms with Crippen molar-refractivity contribution >= 4 is 0 Å². The van der Waals surface area contributed by atoms with E-state index in [1.54, 1.807) is 0 Å². The van der Waals surface area contributed by atoms with Crippen molar-refractivity contribution in [1.29, 1.82) is 0 Å². The van der Waals surface area contributed by atoms with Crippen molar-refractivity contribution in [2.45, 2.75) is 48.0 Å². The molecule has 1 aromatic carbocycles. The Morgan fingerprint density at radius 2 is 1.65 bits per heavy atom. The first kappa shape index (κ1) is 16.0. The Morgan fingerprint density at radius 3 is 1.82 bits per heavy atom. The minimum atomic E-state index is 0.287. The Morgan fingerprint density at radius 1 is 1.18 bits per heavy atom. The van der Waals surface area contributed by atoms with E-state index in [-0.39, 0.29) is 5.41 Å². The van der Waals surface area contributed by atoms with Gasteiger partial charge in [0, 0.05) is 0 Å². The van der Waals surface area contributed by atoms with Gasteiger partial charge in [-0.05, 0) is 24.7 Å². The fourth-order valence-corrected chi connectivity index (χ4v) is 1.52. The summed E-state index contributed by atoms with van der Waals surface area (Å²) >= 11 is 0. The predicted octanol–water partition coefficient (Wildman–Crippen LogP) is 5.63. The normalized spacial score (nSPS) is 12.4. The quantitative estimate of drug-likeness (QED) is 0.580. The Bertz CT molecular complexity index is 314. The van der Waals surface area contributed by atoms with E-state index in [1.807, 2.05) is 18.2 Å². The minimum Gasteiger partial charge on any atom is -0.0991 e. The summed E-state index contributed by atoms with van der Waals surface area (Å²) in [5, 5.41) is 0. The summed E-state index contributed by atoms with van der Waals surface area (Å²) in [5.74, 6) is 0.667. The molecule has 0 amide bonds. The van der Waals surface area contributed by atoms with Gasteiger partial charge in [-0.2, -0.15) is 0 Å². The number of aryl methyl sites for hydroxylation is 1. The van der Waals surface area contributed by atoms with Crippen molar-refractivity contribution in [3.8, 4) is 0 Å². The van der Waals surface area contributed by atoms with Crippen LogP contribution >= 0.6 is 0 Å². The number of allylic oxidation sites excluding steroid dienone is 1. The van der Waals surface area contributed by atoms with Gasteiger partial charge in [0.15, 0.2) is 0 Å². The Labute approximate surface area is 108 Å². The molecule has 0 saturated carbocycles. The van der Waals surface area contributed by atoms with Gasteiger partial charge in [-0.1, -0.05) is 82.7 Å². The Balaban J connectivity index is 0.000000318. The summed E-state index contributed by atoms with van der Waals surface area (Å²) in [7, 11) is 0. The second-order valence-electron chi connectivity index (χ2n) is 5.74. The lowest BCUT2D eigenvalue weighted by atomic mass is 9.80. The zero-order valence-corrected chi connectivity index (χ0v) is 12.4. The van der Waals surface area contributed by atoms with Crippen LogP contribution in [0.1, 0.15) is 46.6 Å². The molecule has 0 fully saturated rings. The molecule has 0 N–H and O–H groups in total. The van der Waals surface area contributed by atoms with E-state index in [9.17, 15) is 0 Å². The van der Waals surface area contributed by atoms with Gasteiger partial charge in [-0.15, -0.1) is 0 Å². The number of benzene rings is 1. The first-order valence-corrected chi connectivity index (χ1v) is 6.50. The lowest BCUT2D eigenvalue weighted by molar-refractivity contribution is 0.431. The van der Waals surface area contributed by atoms with E-state index in [0.717, 1.165) is 0 Å². The second kappa shape index (κ2) is 7.32. The van der Waals surface area contributed by atoms with Crippen LogP contribution in [-0.2, 0) is 0 Å². The molecule has 1 unspecified atom stereocenters. The molecule has 0 bridgehead atoms. The largest absolute Gasteiger partial charge is 0.0991 e. The summed E-state index contributed by atoms with van der Waals surface area (Å²) in [6.07, 6.45) is 1.20. The van der Waals surface area contributed by atoms with Crippen molar-refractivity contribution < 1.29 is 0 Å². The zero-order valence-electron chi connectivity index (χ0n) is 12.4. The number of hydrogen-bond acceptors (Lipinski definition) is 0. The van der Waals surface area contributed by atoms with Gasteiger partial charge in [-0.25, -0.2) is 0 Å². The zero-order chi connectivity index (χ0) is 13.5. The summed E-state index contributed by atoms with van der Waals surface area (Å²) in [6, 6.07) is 10.3. The molecular formula is C17H28. The van der Waals surface area contributed by atoms with E-state index in [0.29, 0.717) is 5.92 Å². The summed E-state index contributed by atoms with van der Waals surface area (Å²) < 4.78 is 0. The topological polar surface area (TPSA) is 0 Å². The molecule has 17 heavy (non-hydrogen) atoms. The summed E-state index contributed by atoms with van der Waals surface area (Å²) in [4.78, 5) is 0. The van der Waals surface area contributed by atoms with Crippen LogP contribution in [0.3, 0.4) is 0 Å². The van der Waals surface area contributed by atoms with Crippen molar-refractivity contribution in [3.63, 3.8) is 0 Å². The molecule has 0 saturated heterocycles. The molecular weight excluding hydrogens is 204 g/mol. The number of rotatable bonds is 2. The first-order valence-electron chi connectivity index (χ1n) is 6.50. The molecule has 0 nitrogen and oxygen atoms in total. The first-order chi connectivity index (χ1) is 7.79. The van der Waals surface area contributed by atoms with Crippen LogP contribution in [0.4, 0.5) is 0 Å². The fraction of sp³-hybridized carbons (Fsp3) is 0.529. The molecule has 0 radical (unpaired) electrons. The lowest BCUT2D eigenvalue weighted by Gasteiger charge is -2.26. The van der Waals surface area contributed by atoms with Crippen LogP contribution in [0.2, 0.25) is 0 Å². The summed E-state index contributed by atoms with van der Waals surface area (Å²) in [5.41, 5.74) is 2.98. The highest BCUT2D eigenvalue weighted by atomic mass is 14.2. The third kappa shape index (κ3) is 6.99. The maximum absolute atomic E-state index is 4.10. The number of hydrogen-bond donors (Lipinski definition) is 0. The van der Waals surface area contributed by atoms with Gasteiger partial charge < -0.3 is 0 Å². The lowest BCUT2D eigenvalue weighted by Crippen LogP contribution is -2.14. The smallest absolute Gasteiger partial charge is 0.0173 e. The van der Waals surface area contributed by atoms with Crippen molar-refractivity contribution in [2.24, 2.45) is 11.3 Å². The van der Waals surface area contributed by atoms with E-state index in [1.165, 1.54) is 17.6 Å². The molecule has 0 aliphatic heterocycles. The molecule has 0 heterocycles. The van der Waals surface area contributed by atoms with Gasteiger partial charge in [0.2, 0.25) is 0 Å². The molecule has 0 aromatic heterocycles. The van der Waals surface area contributed by atoms with Gasteiger partial charge in [0.1, 0.15) is 0 Å². The van der Waals surface area contributed by atoms with Crippen LogP contribution in [0.25, 0.3) is 0 Å². The van der Waals surface area contributed by atoms with Crippen LogP contribution in [0.5, 0.6) is 0 Å². The fourth-order valence-electron chi connectivity index (χ4n) is 1.52. The second-order valence-corrected chi connectivity index (χ2v) is 5.74. The molecule has 1 aromatic rings. The van der Waals surface area contributed by atoms with Crippen LogP contribution in [-0.4, -0.2) is 0 Å². The Hall–Kier alpha value is -1.04. The minimum absolute atomic E-state index is 0.287. The van der Waals surface area contributed by atoms with Crippen molar-refractivity contribution in [3.05, 3.63) is 48.0 Å². The molecule has 1 atom stereocenters. The Kier molecular flexibility index (Phi) is 6.87. The highest BCUT2D eigenvalue weighted by Crippen LogP contribution is 2.30. The van der Waals surface area contributed by atoms with Gasteiger partial charge in [-0.3, -0.25) is 0 Å². The standard InChI is InChI=1S/C10H20.C7H8/c1-7-8(2)9(3)10(4,5)6;1-7-5-3-2-4-6-7/h8H,3,7H2,1-2,4-6H3;2-6H,1H3. The SMILES string of the molecule is C=C(C(C)CC)C(C)(C)C.Cc1ccccc1. The van der Waals surface area contributed by atoms with Crippen LogP contribution in [0, 0.1) is 18.3 Å². The molecule has 0 spiro atoms. The molecule has 0 aliphatic carbocycles. The van der Waals surface area contributed by atoms with Gasteiger partial charge >= 0.3 is 0 Å². The highest BCUT2D eigenvalue weighted by Gasteiger charge is 2.18. The third-order valence-corrected chi connectivity index (χ3v) is 3.11.